The molecule has 3 aromatic rings. The normalized spacial score (nSPS) is 14.8. The number of aromatic nitrogens is 1. The first-order chi connectivity index (χ1) is 17.0. The van der Waals surface area contributed by atoms with E-state index in [1.807, 2.05) is 10.8 Å². The summed E-state index contributed by atoms with van der Waals surface area (Å²) in [4.78, 5) is 29.1. The highest BCUT2D eigenvalue weighted by Crippen LogP contribution is 2.14. The maximum atomic E-state index is 12.8. The molecular formula is C24H28N4O7S. The zero-order valence-corrected chi connectivity index (χ0v) is 20.5. The number of anilines is 1. The topological polar surface area (TPSA) is 171 Å². The molecule has 0 fully saturated rings. The van der Waals surface area contributed by atoms with E-state index in [4.69, 9.17) is 4.42 Å². The molecule has 1 aromatic heterocycles. The lowest BCUT2D eigenvalue weighted by Gasteiger charge is -2.31. The number of amides is 2. The highest BCUT2D eigenvalue weighted by atomic mass is 32.2. The lowest BCUT2D eigenvalue weighted by Crippen LogP contribution is -2.55. The Morgan fingerprint density at radius 1 is 0.944 bits per heavy atom. The summed E-state index contributed by atoms with van der Waals surface area (Å²) in [5.41, 5.74) is 0.936. The molecular weight excluding hydrogens is 488 g/mol. The Bertz CT molecular complexity index is 1270. The van der Waals surface area contributed by atoms with Crippen molar-refractivity contribution in [2.24, 2.45) is 0 Å². The summed E-state index contributed by atoms with van der Waals surface area (Å²) in [6.45, 7) is 1.54. The summed E-state index contributed by atoms with van der Waals surface area (Å²) >= 11 is 0. The lowest BCUT2D eigenvalue weighted by molar-refractivity contribution is -0.0188. The summed E-state index contributed by atoms with van der Waals surface area (Å²) in [5, 5.41) is 27.1. The van der Waals surface area contributed by atoms with Gasteiger partial charge in [0.25, 0.3) is 11.8 Å². The van der Waals surface area contributed by atoms with E-state index in [2.05, 4.69) is 15.6 Å². The Hall–Kier alpha value is -3.74. The van der Waals surface area contributed by atoms with Crippen molar-refractivity contribution in [3.05, 3.63) is 83.7 Å². The predicted octanol–water partition coefficient (Wildman–Crippen LogP) is 0.928. The van der Waals surface area contributed by atoms with Crippen molar-refractivity contribution in [1.82, 2.24) is 15.6 Å². The van der Waals surface area contributed by atoms with Crippen LogP contribution in [0.15, 0.2) is 71.3 Å². The van der Waals surface area contributed by atoms with Gasteiger partial charge in [-0.25, -0.2) is 13.1 Å². The molecule has 2 amide bonds. The summed E-state index contributed by atoms with van der Waals surface area (Å²) in [5.74, 6) is -1.18. The molecule has 0 aliphatic rings. The van der Waals surface area contributed by atoms with Crippen molar-refractivity contribution < 1.29 is 32.6 Å². The van der Waals surface area contributed by atoms with Crippen LogP contribution in [0.1, 0.15) is 33.3 Å². The number of hydrogen-bond acceptors (Lipinski definition) is 8. The zero-order valence-electron chi connectivity index (χ0n) is 19.7. The Morgan fingerprint density at radius 3 is 2.17 bits per heavy atom. The first-order valence-electron chi connectivity index (χ1n) is 11.0. The van der Waals surface area contributed by atoms with Crippen molar-refractivity contribution in [2.75, 3.05) is 11.0 Å². The molecule has 0 aliphatic heterocycles. The molecule has 0 spiro atoms. The van der Waals surface area contributed by atoms with Crippen LogP contribution in [0.2, 0.25) is 0 Å². The summed E-state index contributed by atoms with van der Waals surface area (Å²) < 4.78 is 29.7. The standard InChI is InChI=1S/C24H28N4O7S/c1-15(25-22(31)17-11-7-4-8-12-17)20(29)21(30)18(13-16-9-5-3-6-10-16)26-23(32)19-14-35-24(27-19)28-36(2,33)34/h3-12,14-15,18,20-21,29-30H,13H2,1-2H3,(H,25,31)(H,26,32)(H,27,28)/t15-,18+,20-,21-/m1/s1. The Kier molecular flexibility index (Phi) is 8.80. The van der Waals surface area contributed by atoms with Gasteiger partial charge in [-0.2, -0.15) is 4.98 Å². The van der Waals surface area contributed by atoms with Crippen LogP contribution in [0.5, 0.6) is 0 Å². The van der Waals surface area contributed by atoms with Crippen LogP contribution in [-0.4, -0.2) is 66.0 Å². The SMILES string of the molecule is C[C@@H](NC(=O)c1ccccc1)[C@@H](O)[C@H](O)[C@H](Cc1ccccc1)NC(=O)c1coc(NS(C)(=O)=O)n1. The second kappa shape index (κ2) is 11.8. The van der Waals surface area contributed by atoms with Gasteiger partial charge < -0.3 is 25.3 Å². The maximum Gasteiger partial charge on any atom is 0.309 e. The minimum absolute atomic E-state index is 0.149. The zero-order chi connectivity index (χ0) is 26.3. The van der Waals surface area contributed by atoms with Crippen LogP contribution in [0, 0.1) is 0 Å². The monoisotopic (exact) mass is 516 g/mol. The van der Waals surface area contributed by atoms with Gasteiger partial charge in [0.05, 0.1) is 18.3 Å². The number of rotatable bonds is 11. The van der Waals surface area contributed by atoms with Crippen molar-refractivity contribution in [2.45, 2.75) is 37.6 Å². The molecule has 2 aromatic carbocycles. The Balaban J connectivity index is 1.74. The molecule has 0 unspecified atom stereocenters. The second-order valence-corrected chi connectivity index (χ2v) is 10.0. The number of nitrogens with zero attached hydrogens (tertiary/aromatic N) is 1. The van der Waals surface area contributed by atoms with E-state index in [1.165, 1.54) is 6.92 Å². The fourth-order valence-electron chi connectivity index (χ4n) is 3.45. The number of sulfonamides is 1. The molecule has 192 valence electrons. The van der Waals surface area contributed by atoms with E-state index < -0.39 is 46.1 Å². The molecule has 0 saturated heterocycles. The minimum Gasteiger partial charge on any atom is -0.431 e. The number of hydrogen-bond donors (Lipinski definition) is 5. The minimum atomic E-state index is -3.66. The molecule has 3 rings (SSSR count). The Morgan fingerprint density at radius 2 is 1.56 bits per heavy atom. The predicted molar refractivity (Wildman–Crippen MR) is 132 cm³/mol. The van der Waals surface area contributed by atoms with Gasteiger partial charge in [-0.3, -0.25) is 9.59 Å². The smallest absolute Gasteiger partial charge is 0.309 e. The van der Waals surface area contributed by atoms with Gasteiger partial charge in [0.15, 0.2) is 5.69 Å². The summed E-state index contributed by atoms with van der Waals surface area (Å²) in [6.07, 6.45) is -0.903. The summed E-state index contributed by atoms with van der Waals surface area (Å²) in [7, 11) is -3.66. The van der Waals surface area contributed by atoms with E-state index >= 15 is 0 Å². The van der Waals surface area contributed by atoms with Gasteiger partial charge >= 0.3 is 6.01 Å². The number of carbonyl (C=O) groups excluding carboxylic acids is 2. The van der Waals surface area contributed by atoms with Gasteiger partial charge in [0, 0.05) is 5.56 Å². The first-order valence-corrected chi connectivity index (χ1v) is 12.9. The fourth-order valence-corrected chi connectivity index (χ4v) is 3.86. The van der Waals surface area contributed by atoms with Crippen LogP contribution < -0.4 is 15.4 Å². The van der Waals surface area contributed by atoms with Gasteiger partial charge in [-0.1, -0.05) is 48.5 Å². The average Bonchev–Trinajstić information content (AvgIpc) is 3.30. The second-order valence-electron chi connectivity index (χ2n) is 8.29. The maximum absolute atomic E-state index is 12.8. The van der Waals surface area contributed by atoms with Crippen LogP contribution >= 0.6 is 0 Å². The third kappa shape index (κ3) is 7.63. The van der Waals surface area contributed by atoms with Crippen LogP contribution in [0.3, 0.4) is 0 Å². The van der Waals surface area contributed by atoms with Crippen molar-refractivity contribution in [3.8, 4) is 0 Å². The fraction of sp³-hybridized carbons (Fsp3) is 0.292. The third-order valence-corrected chi connectivity index (χ3v) is 5.84. The molecule has 4 atom stereocenters. The van der Waals surface area contributed by atoms with E-state index in [9.17, 15) is 28.2 Å². The van der Waals surface area contributed by atoms with Gasteiger partial charge in [-0.05, 0) is 31.0 Å². The molecule has 0 saturated carbocycles. The molecule has 0 aliphatic carbocycles. The van der Waals surface area contributed by atoms with Gasteiger partial charge in [0.2, 0.25) is 10.0 Å². The largest absolute Gasteiger partial charge is 0.431 e. The van der Waals surface area contributed by atoms with E-state index in [-0.39, 0.29) is 18.1 Å². The third-order valence-electron chi connectivity index (χ3n) is 5.29. The number of nitrogens with one attached hydrogen (secondary N) is 3. The highest BCUT2D eigenvalue weighted by Gasteiger charge is 2.33. The van der Waals surface area contributed by atoms with Gasteiger partial charge in [0.1, 0.15) is 18.5 Å². The summed E-state index contributed by atoms with van der Waals surface area (Å²) in [6, 6.07) is 15.2. The van der Waals surface area contributed by atoms with E-state index in [0.717, 1.165) is 18.1 Å². The number of oxazole rings is 1. The quantitative estimate of drug-likeness (QED) is 0.250. The van der Waals surface area contributed by atoms with E-state index in [1.54, 1.807) is 54.6 Å². The first kappa shape index (κ1) is 26.9. The number of aliphatic hydroxyl groups excluding tert-OH is 2. The Labute approximate surface area is 208 Å². The van der Waals surface area contributed by atoms with Crippen molar-refractivity contribution in [3.63, 3.8) is 0 Å². The molecule has 5 N–H and O–H groups in total. The lowest BCUT2D eigenvalue weighted by atomic mass is 9.94. The van der Waals surface area contributed by atoms with E-state index in [0.29, 0.717) is 5.56 Å². The number of benzene rings is 2. The van der Waals surface area contributed by atoms with Crippen molar-refractivity contribution >= 4 is 27.9 Å². The molecule has 1 heterocycles. The van der Waals surface area contributed by atoms with Crippen LogP contribution in [0.4, 0.5) is 6.01 Å². The molecule has 12 heteroatoms. The molecule has 11 nitrogen and oxygen atoms in total. The highest BCUT2D eigenvalue weighted by molar-refractivity contribution is 7.91. The number of aliphatic hydroxyl groups is 2. The molecule has 0 bridgehead atoms. The van der Waals surface area contributed by atoms with Crippen LogP contribution in [-0.2, 0) is 16.4 Å². The number of carbonyl (C=O) groups is 2. The van der Waals surface area contributed by atoms with Crippen LogP contribution in [0.25, 0.3) is 0 Å². The molecule has 36 heavy (non-hydrogen) atoms. The van der Waals surface area contributed by atoms with Crippen molar-refractivity contribution in [1.29, 1.82) is 0 Å². The average molecular weight is 517 g/mol. The molecule has 0 radical (unpaired) electrons. The van der Waals surface area contributed by atoms with Gasteiger partial charge in [-0.15, -0.1) is 0 Å².